The minimum absolute atomic E-state index is 0.000230. The third-order valence-electron chi connectivity index (χ3n) is 5.42. The molecule has 1 rings (SSSR count). The molecule has 0 aromatic rings. The zero-order chi connectivity index (χ0) is 24.3. The molecule has 1 aliphatic heterocycles. The monoisotopic (exact) mass is 448 g/mol. The molecule has 1 aliphatic rings. The highest BCUT2D eigenvalue weighted by atomic mass is 16.5. The molecule has 0 aromatic heterocycles. The van der Waals surface area contributed by atoms with E-state index in [1.165, 1.54) is 0 Å². The molecule has 9 heteroatoms. The Balaban J connectivity index is 0.000000594. The summed E-state index contributed by atoms with van der Waals surface area (Å²) in [5.74, 6) is -0.575. The summed E-state index contributed by atoms with van der Waals surface area (Å²) in [7, 11) is 0. The van der Waals surface area contributed by atoms with E-state index in [2.05, 4.69) is 24.5 Å². The summed E-state index contributed by atoms with van der Waals surface area (Å²) >= 11 is 0. The Morgan fingerprint density at radius 2 is 1.52 bits per heavy atom. The Bertz CT molecular complexity index is 550. The highest BCUT2D eigenvalue weighted by Crippen LogP contribution is 2.40. The van der Waals surface area contributed by atoms with Crippen molar-refractivity contribution in [3.8, 4) is 0 Å². The van der Waals surface area contributed by atoms with E-state index >= 15 is 0 Å². The van der Waals surface area contributed by atoms with E-state index in [1.807, 2.05) is 13.8 Å². The van der Waals surface area contributed by atoms with Crippen LogP contribution >= 0.6 is 0 Å². The molecule has 0 bridgehead atoms. The number of amides is 2. The fourth-order valence-electron chi connectivity index (χ4n) is 2.91. The summed E-state index contributed by atoms with van der Waals surface area (Å²) in [6.45, 7) is 12.1. The third-order valence-corrected chi connectivity index (χ3v) is 5.42. The number of nitrogens with one attached hydrogen (secondary N) is 2. The Kier molecular flexibility index (Phi) is 12.8. The van der Waals surface area contributed by atoms with Gasteiger partial charge in [-0.15, -0.1) is 0 Å². The van der Waals surface area contributed by atoms with E-state index in [0.29, 0.717) is 25.9 Å². The summed E-state index contributed by atoms with van der Waals surface area (Å²) in [5, 5.41) is 40.9. The molecule has 2 amide bonds. The van der Waals surface area contributed by atoms with E-state index < -0.39 is 23.5 Å². The Morgan fingerprint density at radius 1 is 1.00 bits per heavy atom. The molecule has 0 aromatic carbocycles. The summed E-state index contributed by atoms with van der Waals surface area (Å²) in [6.07, 6.45) is 1.37. The summed E-state index contributed by atoms with van der Waals surface area (Å²) in [5.41, 5.74) is -1.20. The molecular weight excluding hydrogens is 404 g/mol. The van der Waals surface area contributed by atoms with Crippen molar-refractivity contribution in [3.63, 3.8) is 0 Å². The maximum Gasteiger partial charge on any atom is 0.249 e. The number of aliphatic hydroxyl groups excluding tert-OH is 4. The van der Waals surface area contributed by atoms with E-state index in [-0.39, 0.29) is 36.7 Å². The topological polar surface area (TPSA) is 148 Å². The summed E-state index contributed by atoms with van der Waals surface area (Å²) in [6, 6.07) is 0. The van der Waals surface area contributed by atoms with Crippen LogP contribution in [0.15, 0.2) is 0 Å². The molecule has 1 heterocycles. The van der Waals surface area contributed by atoms with Crippen molar-refractivity contribution in [1.29, 1.82) is 0 Å². The van der Waals surface area contributed by atoms with Crippen molar-refractivity contribution in [2.24, 2.45) is 10.8 Å². The zero-order valence-corrected chi connectivity index (χ0v) is 20.0. The number of carbonyl (C=O) groups excluding carboxylic acids is 2. The largest absolute Gasteiger partial charge is 0.396 e. The second-order valence-corrected chi connectivity index (χ2v) is 10.0. The number of hydrogen-bond donors (Lipinski definition) is 6. The van der Waals surface area contributed by atoms with Crippen molar-refractivity contribution < 1.29 is 34.8 Å². The molecule has 0 unspecified atom stereocenters. The number of aliphatic hydroxyl groups is 4. The van der Waals surface area contributed by atoms with Crippen molar-refractivity contribution in [1.82, 2.24) is 10.6 Å². The maximum absolute atomic E-state index is 12.1. The van der Waals surface area contributed by atoms with Crippen LogP contribution in [0.4, 0.5) is 0 Å². The molecule has 1 saturated heterocycles. The van der Waals surface area contributed by atoms with Crippen molar-refractivity contribution in [2.45, 2.75) is 85.0 Å². The third kappa shape index (κ3) is 10.7. The normalized spacial score (nSPS) is 20.8. The van der Waals surface area contributed by atoms with Crippen molar-refractivity contribution >= 4 is 11.8 Å². The van der Waals surface area contributed by atoms with Gasteiger partial charge in [-0.1, -0.05) is 27.7 Å². The molecule has 6 N–H and O–H groups in total. The Labute approximate surface area is 186 Å². The number of carbonyl (C=O) groups is 2. The minimum atomic E-state index is -1.23. The van der Waals surface area contributed by atoms with Gasteiger partial charge < -0.3 is 35.8 Å². The number of hydrogen-bond acceptors (Lipinski definition) is 7. The van der Waals surface area contributed by atoms with Crippen LogP contribution in [-0.4, -0.2) is 83.0 Å². The van der Waals surface area contributed by atoms with E-state index in [1.54, 1.807) is 13.8 Å². The lowest BCUT2D eigenvalue weighted by Gasteiger charge is -2.45. The molecular formula is C22H44N2O7. The first kappa shape index (κ1) is 29.7. The molecule has 0 radical (unpaired) electrons. The Hall–Kier alpha value is -1.26. The van der Waals surface area contributed by atoms with Crippen LogP contribution in [0.2, 0.25) is 0 Å². The first-order valence-electron chi connectivity index (χ1n) is 11.0. The van der Waals surface area contributed by atoms with Gasteiger partial charge in [0.2, 0.25) is 11.8 Å². The highest BCUT2D eigenvalue weighted by Gasteiger charge is 2.44. The van der Waals surface area contributed by atoms with Crippen LogP contribution in [0, 0.1) is 10.8 Å². The predicted octanol–water partition coefficient (Wildman–Crippen LogP) is 0.333. The number of rotatable bonds is 10. The summed E-state index contributed by atoms with van der Waals surface area (Å²) in [4.78, 5) is 23.3. The zero-order valence-electron chi connectivity index (χ0n) is 20.0. The van der Waals surface area contributed by atoms with Gasteiger partial charge in [0.15, 0.2) is 0 Å². The lowest BCUT2D eigenvalue weighted by atomic mass is 9.75. The summed E-state index contributed by atoms with van der Waals surface area (Å²) < 4.78 is 5.91. The van der Waals surface area contributed by atoms with Gasteiger partial charge in [-0.2, -0.15) is 0 Å². The average molecular weight is 449 g/mol. The van der Waals surface area contributed by atoms with Gasteiger partial charge in [0.25, 0.3) is 0 Å². The van der Waals surface area contributed by atoms with E-state index in [9.17, 15) is 14.7 Å². The van der Waals surface area contributed by atoms with Crippen LogP contribution in [-0.2, 0) is 14.3 Å². The van der Waals surface area contributed by atoms with Gasteiger partial charge in [0.05, 0.1) is 12.2 Å². The molecule has 0 saturated carbocycles. The van der Waals surface area contributed by atoms with Crippen LogP contribution in [0.1, 0.15) is 67.2 Å². The maximum atomic E-state index is 12.1. The second kappa shape index (κ2) is 13.3. The molecule has 2 atom stereocenters. The molecule has 31 heavy (non-hydrogen) atoms. The first-order valence-corrected chi connectivity index (χ1v) is 11.0. The quantitative estimate of drug-likeness (QED) is 0.264. The van der Waals surface area contributed by atoms with Crippen LogP contribution in [0.25, 0.3) is 0 Å². The minimum Gasteiger partial charge on any atom is -0.396 e. The van der Waals surface area contributed by atoms with E-state index in [4.69, 9.17) is 20.1 Å². The fraction of sp³-hybridized carbons (Fsp3) is 0.909. The van der Waals surface area contributed by atoms with Crippen molar-refractivity contribution in [3.05, 3.63) is 0 Å². The first-order chi connectivity index (χ1) is 14.2. The van der Waals surface area contributed by atoms with E-state index in [0.717, 1.165) is 12.8 Å². The van der Waals surface area contributed by atoms with Crippen molar-refractivity contribution in [2.75, 3.05) is 32.9 Å². The standard InChI is InChI=1S/C13H25NO3.C9H19NO4/c1-12(2)6-7-13(3,4)17-10(12)11(16)14-8-5-9-15;1-9(2,6-12)7(13)8(14)10-4-3-5-11/h10,15H,5-9H2,1-4H3,(H,14,16);7,11-13H,3-6H2,1-2H3,(H,10,14)/t10-;7-/m11/s1. The molecule has 9 nitrogen and oxygen atoms in total. The lowest BCUT2D eigenvalue weighted by Crippen LogP contribution is -2.53. The predicted molar refractivity (Wildman–Crippen MR) is 118 cm³/mol. The fourth-order valence-corrected chi connectivity index (χ4v) is 2.91. The Morgan fingerprint density at radius 3 is 2.00 bits per heavy atom. The van der Waals surface area contributed by atoms with Gasteiger partial charge in [-0.25, -0.2) is 0 Å². The lowest BCUT2D eigenvalue weighted by molar-refractivity contribution is -0.178. The number of ether oxygens (including phenoxy) is 1. The van der Waals surface area contributed by atoms with Crippen LogP contribution in [0.5, 0.6) is 0 Å². The van der Waals surface area contributed by atoms with Gasteiger partial charge in [-0.05, 0) is 39.5 Å². The molecule has 184 valence electrons. The van der Waals surface area contributed by atoms with Crippen LogP contribution in [0.3, 0.4) is 0 Å². The second-order valence-electron chi connectivity index (χ2n) is 10.0. The molecule has 0 aliphatic carbocycles. The van der Waals surface area contributed by atoms with Gasteiger partial charge in [0.1, 0.15) is 12.2 Å². The van der Waals surface area contributed by atoms with Gasteiger partial charge in [-0.3, -0.25) is 9.59 Å². The molecule has 0 spiro atoms. The van der Waals surface area contributed by atoms with Crippen LogP contribution < -0.4 is 10.6 Å². The average Bonchev–Trinajstić information content (AvgIpc) is 2.70. The highest BCUT2D eigenvalue weighted by molar-refractivity contribution is 5.82. The SMILES string of the molecule is CC(C)(CO)[C@H](O)C(=O)NCCCO.CC1(C)CCC(C)(C)[C@@H](C(=O)NCCCO)O1. The smallest absolute Gasteiger partial charge is 0.249 e. The van der Waals surface area contributed by atoms with Gasteiger partial charge >= 0.3 is 0 Å². The molecule has 1 fully saturated rings. The van der Waals surface area contributed by atoms with Gasteiger partial charge in [0, 0.05) is 37.1 Å².